The minimum atomic E-state index is -0.338. The highest BCUT2D eigenvalue weighted by atomic mass is 35.5. The zero-order chi connectivity index (χ0) is 18.1. The summed E-state index contributed by atoms with van der Waals surface area (Å²) in [6, 6.07) is 6.80. The number of carbonyl (C=O) groups is 1. The average Bonchev–Trinajstić information content (AvgIpc) is 3.31. The lowest BCUT2D eigenvalue weighted by Gasteiger charge is -2.33. The minimum absolute atomic E-state index is 0.222. The summed E-state index contributed by atoms with van der Waals surface area (Å²) in [5, 5.41) is 16.0. The predicted octanol–water partition coefficient (Wildman–Crippen LogP) is 1.56. The van der Waals surface area contributed by atoms with E-state index < -0.39 is 0 Å². The van der Waals surface area contributed by atoms with Crippen molar-refractivity contribution in [3.63, 3.8) is 0 Å². The van der Waals surface area contributed by atoms with E-state index in [9.17, 15) is 4.79 Å². The third kappa shape index (κ3) is 3.06. The van der Waals surface area contributed by atoms with Crippen LogP contribution < -0.4 is 0 Å². The van der Waals surface area contributed by atoms with E-state index in [0.717, 1.165) is 0 Å². The summed E-state index contributed by atoms with van der Waals surface area (Å²) in [7, 11) is 0. The van der Waals surface area contributed by atoms with Gasteiger partial charge in [0, 0.05) is 11.6 Å². The normalized spacial score (nSPS) is 17.5. The smallest absolute Gasteiger partial charge is 0.277 e. The van der Waals surface area contributed by atoms with Crippen molar-refractivity contribution >= 4 is 17.5 Å². The largest absolute Gasteiger partial charge is 0.377 e. The lowest BCUT2D eigenvalue weighted by Crippen LogP contribution is -2.44. The van der Waals surface area contributed by atoms with Crippen molar-refractivity contribution < 1.29 is 9.53 Å². The number of nitrogens with zero attached hydrogens (tertiary/aromatic N) is 6. The molecule has 3 aromatic rings. The maximum atomic E-state index is 13.1. The van der Waals surface area contributed by atoms with Gasteiger partial charge in [0.1, 0.15) is 18.2 Å². The van der Waals surface area contributed by atoms with Crippen molar-refractivity contribution in [1.82, 2.24) is 35.1 Å². The number of halogens is 1. The number of rotatable bonds is 3. The monoisotopic (exact) mass is 373 g/mol. The van der Waals surface area contributed by atoms with Gasteiger partial charge in [-0.2, -0.15) is 15.0 Å². The van der Waals surface area contributed by atoms with Crippen molar-refractivity contribution in [2.45, 2.75) is 13.0 Å². The fraction of sp³-hybridized carbons (Fsp3) is 0.312. The van der Waals surface area contributed by atoms with E-state index in [1.54, 1.807) is 30.0 Å². The molecule has 10 heteroatoms. The molecule has 134 valence electrons. The highest BCUT2D eigenvalue weighted by molar-refractivity contribution is 6.30. The molecule has 2 aromatic heterocycles. The van der Waals surface area contributed by atoms with Crippen LogP contribution in [-0.4, -0.2) is 60.7 Å². The van der Waals surface area contributed by atoms with Crippen molar-refractivity contribution in [3.8, 4) is 5.69 Å². The van der Waals surface area contributed by atoms with Gasteiger partial charge in [-0.15, -0.1) is 5.10 Å². The van der Waals surface area contributed by atoms with Crippen molar-refractivity contribution in [2.75, 3.05) is 19.8 Å². The number of benzene rings is 1. The SMILES string of the molecule is Cc1nn(-c2cccc(Cl)c2)nc1C(=O)N1CCOCC1c1ncn[nH]1. The molecule has 1 fully saturated rings. The quantitative estimate of drug-likeness (QED) is 0.747. The lowest BCUT2D eigenvalue weighted by atomic mass is 10.2. The first-order chi connectivity index (χ1) is 12.6. The molecule has 0 radical (unpaired) electrons. The fourth-order valence-electron chi connectivity index (χ4n) is 2.88. The number of aromatic nitrogens is 6. The Balaban J connectivity index is 1.65. The standard InChI is InChI=1S/C16H16ClN7O2/c1-10-14(22-24(21-10)12-4-2-3-11(17)7-12)16(25)23-5-6-26-8-13(23)15-18-9-19-20-15/h2-4,7,9,13H,5-6,8H2,1H3,(H,18,19,20). The summed E-state index contributed by atoms with van der Waals surface area (Å²) in [6.45, 7) is 3.00. The van der Waals surface area contributed by atoms with Crippen LogP contribution in [0.1, 0.15) is 28.0 Å². The van der Waals surface area contributed by atoms with Crippen LogP contribution in [0.4, 0.5) is 0 Å². The van der Waals surface area contributed by atoms with Gasteiger partial charge in [-0.3, -0.25) is 9.89 Å². The van der Waals surface area contributed by atoms with Gasteiger partial charge in [-0.1, -0.05) is 17.7 Å². The van der Waals surface area contributed by atoms with E-state index in [2.05, 4.69) is 25.4 Å². The Hall–Kier alpha value is -2.78. The summed E-state index contributed by atoms with van der Waals surface area (Å²) < 4.78 is 5.50. The predicted molar refractivity (Wildman–Crippen MR) is 92.1 cm³/mol. The number of hydrogen-bond acceptors (Lipinski definition) is 6. The van der Waals surface area contributed by atoms with Gasteiger partial charge in [0.05, 0.1) is 24.6 Å². The number of nitrogens with one attached hydrogen (secondary N) is 1. The molecule has 0 spiro atoms. The zero-order valence-electron chi connectivity index (χ0n) is 14.0. The maximum absolute atomic E-state index is 13.1. The second kappa shape index (κ2) is 6.85. The van der Waals surface area contributed by atoms with E-state index in [-0.39, 0.29) is 17.6 Å². The molecule has 1 amide bonds. The molecule has 1 aromatic carbocycles. The topological polar surface area (TPSA) is 102 Å². The van der Waals surface area contributed by atoms with E-state index in [4.69, 9.17) is 16.3 Å². The first-order valence-corrected chi connectivity index (χ1v) is 8.45. The second-order valence-corrected chi connectivity index (χ2v) is 6.30. The lowest BCUT2D eigenvalue weighted by molar-refractivity contribution is -0.00548. The van der Waals surface area contributed by atoms with Crippen LogP contribution in [0, 0.1) is 6.92 Å². The van der Waals surface area contributed by atoms with Crippen LogP contribution in [-0.2, 0) is 4.74 Å². The first kappa shape index (κ1) is 16.7. The van der Waals surface area contributed by atoms with Crippen molar-refractivity contribution in [2.24, 2.45) is 0 Å². The minimum Gasteiger partial charge on any atom is -0.377 e. The number of amides is 1. The number of aromatic amines is 1. The molecule has 9 nitrogen and oxygen atoms in total. The summed E-state index contributed by atoms with van der Waals surface area (Å²) in [5.74, 6) is 0.360. The number of H-pyrrole nitrogens is 1. The summed E-state index contributed by atoms with van der Waals surface area (Å²) in [6.07, 6.45) is 1.41. The molecule has 1 aliphatic heterocycles. The average molecular weight is 374 g/mol. The third-order valence-electron chi connectivity index (χ3n) is 4.16. The van der Waals surface area contributed by atoms with Gasteiger partial charge in [0.2, 0.25) is 0 Å². The zero-order valence-corrected chi connectivity index (χ0v) is 14.7. The summed E-state index contributed by atoms with van der Waals surface area (Å²) in [5.41, 5.74) is 1.52. The Morgan fingerprint density at radius 1 is 1.38 bits per heavy atom. The Bertz CT molecular complexity index is 925. The van der Waals surface area contributed by atoms with Crippen molar-refractivity contribution in [1.29, 1.82) is 0 Å². The number of hydrogen-bond donors (Lipinski definition) is 1. The van der Waals surface area contributed by atoms with Gasteiger partial charge in [-0.25, -0.2) is 4.98 Å². The van der Waals surface area contributed by atoms with Crippen LogP contribution in [0.2, 0.25) is 5.02 Å². The molecular formula is C16H16ClN7O2. The molecule has 4 rings (SSSR count). The molecule has 1 aliphatic rings. The second-order valence-electron chi connectivity index (χ2n) is 5.86. The number of carbonyl (C=O) groups excluding carboxylic acids is 1. The number of aryl methyl sites for hydroxylation is 1. The van der Waals surface area contributed by atoms with Crippen molar-refractivity contribution in [3.05, 3.63) is 52.8 Å². The molecular weight excluding hydrogens is 358 g/mol. The van der Waals surface area contributed by atoms with Gasteiger partial charge < -0.3 is 9.64 Å². The molecule has 0 aliphatic carbocycles. The Kier molecular flexibility index (Phi) is 4.39. The molecule has 0 bridgehead atoms. The molecule has 1 unspecified atom stereocenters. The molecule has 3 heterocycles. The van der Waals surface area contributed by atoms with Gasteiger partial charge in [0.15, 0.2) is 5.69 Å². The number of morpholine rings is 1. The third-order valence-corrected chi connectivity index (χ3v) is 4.40. The highest BCUT2D eigenvalue weighted by Gasteiger charge is 2.33. The highest BCUT2D eigenvalue weighted by Crippen LogP contribution is 2.24. The molecule has 1 N–H and O–H groups in total. The van der Waals surface area contributed by atoms with Gasteiger partial charge in [0.25, 0.3) is 5.91 Å². The van der Waals surface area contributed by atoms with E-state index in [1.807, 2.05) is 6.07 Å². The fourth-order valence-corrected chi connectivity index (χ4v) is 3.06. The summed E-state index contributed by atoms with van der Waals surface area (Å²) in [4.78, 5) is 20.4. The molecule has 26 heavy (non-hydrogen) atoms. The van der Waals surface area contributed by atoms with E-state index >= 15 is 0 Å². The number of ether oxygens (including phenoxy) is 1. The Morgan fingerprint density at radius 3 is 3.04 bits per heavy atom. The first-order valence-electron chi connectivity index (χ1n) is 8.07. The van der Waals surface area contributed by atoms with Crippen LogP contribution in [0.3, 0.4) is 0 Å². The maximum Gasteiger partial charge on any atom is 0.277 e. The van der Waals surface area contributed by atoms with E-state index in [0.29, 0.717) is 42.0 Å². The molecule has 1 atom stereocenters. The van der Waals surface area contributed by atoms with Crippen LogP contribution in [0.25, 0.3) is 5.69 Å². The molecule has 0 saturated carbocycles. The van der Waals surface area contributed by atoms with Crippen LogP contribution >= 0.6 is 11.6 Å². The Morgan fingerprint density at radius 2 is 2.27 bits per heavy atom. The summed E-state index contributed by atoms with van der Waals surface area (Å²) >= 11 is 6.03. The Labute approximate surface area is 153 Å². The van der Waals surface area contributed by atoms with E-state index in [1.165, 1.54) is 11.1 Å². The molecule has 1 saturated heterocycles. The van der Waals surface area contributed by atoms with Gasteiger partial charge >= 0.3 is 0 Å². The van der Waals surface area contributed by atoms with Crippen LogP contribution in [0.15, 0.2) is 30.6 Å². The van der Waals surface area contributed by atoms with Crippen LogP contribution in [0.5, 0.6) is 0 Å². The van der Waals surface area contributed by atoms with Gasteiger partial charge in [-0.05, 0) is 25.1 Å².